The molecule has 1 atom stereocenters. The van der Waals surface area contributed by atoms with Crippen molar-refractivity contribution < 1.29 is 5.11 Å². The third-order valence-corrected chi connectivity index (χ3v) is 6.37. The minimum atomic E-state index is 0.399. The van der Waals surface area contributed by atoms with Crippen molar-refractivity contribution in [3.8, 4) is 17.0 Å². The van der Waals surface area contributed by atoms with Crippen LogP contribution in [0, 0.1) is 0 Å². The fraction of sp³-hybridized carbons (Fsp3) is 0.455. The molecule has 2 aliphatic rings. The number of aromatic hydroxyl groups is 1. The standard InChI is InChI=1S/C22H26N4O/c1-3-16-18-10-12-26(15-5-4-11-25(2)13-15)22(18)24-23-20(16)19-9-7-14-6-8-17(14)21(19)27/h7,9-10,12,15,27H,3-6,8,11,13H2,1-2H3/t15-/m1/s1. The molecule has 3 heterocycles. The second kappa shape index (κ2) is 6.34. The normalized spacial score (nSPS) is 19.9. The molecule has 1 N–H and O–H groups in total. The number of benzene rings is 1. The van der Waals surface area contributed by atoms with Crippen LogP contribution < -0.4 is 0 Å². The third-order valence-electron chi connectivity index (χ3n) is 6.37. The van der Waals surface area contributed by atoms with Gasteiger partial charge in [0.15, 0.2) is 5.65 Å². The zero-order chi connectivity index (χ0) is 18.5. The molecule has 5 nitrogen and oxygen atoms in total. The molecule has 0 saturated carbocycles. The van der Waals surface area contributed by atoms with Crippen LogP contribution in [0.1, 0.15) is 42.5 Å². The van der Waals surface area contributed by atoms with Crippen molar-refractivity contribution >= 4 is 11.0 Å². The van der Waals surface area contributed by atoms with E-state index >= 15 is 0 Å². The van der Waals surface area contributed by atoms with Crippen LogP contribution in [0.5, 0.6) is 5.75 Å². The first kappa shape index (κ1) is 16.8. The van der Waals surface area contributed by atoms with E-state index in [1.165, 1.54) is 30.5 Å². The van der Waals surface area contributed by atoms with Crippen LogP contribution in [0.25, 0.3) is 22.3 Å². The molecule has 5 rings (SSSR count). The molecule has 0 bridgehead atoms. The average Bonchev–Trinajstić information content (AvgIpc) is 3.07. The minimum Gasteiger partial charge on any atom is -0.507 e. The number of aromatic nitrogens is 3. The number of likely N-dealkylation sites (tertiary alicyclic amines) is 1. The van der Waals surface area contributed by atoms with Gasteiger partial charge >= 0.3 is 0 Å². The Bertz CT molecular complexity index is 1020. The van der Waals surface area contributed by atoms with E-state index < -0.39 is 0 Å². The Balaban J connectivity index is 1.63. The van der Waals surface area contributed by atoms with Crippen molar-refractivity contribution in [1.82, 2.24) is 19.7 Å². The van der Waals surface area contributed by atoms with Crippen LogP contribution in [0.2, 0.25) is 0 Å². The maximum atomic E-state index is 10.7. The van der Waals surface area contributed by atoms with Crippen LogP contribution >= 0.6 is 0 Å². The highest BCUT2D eigenvalue weighted by Crippen LogP contribution is 2.41. The van der Waals surface area contributed by atoms with Crippen LogP contribution in [-0.4, -0.2) is 44.9 Å². The second-order valence-electron chi connectivity index (χ2n) is 8.00. The van der Waals surface area contributed by atoms with Gasteiger partial charge in [0.2, 0.25) is 0 Å². The molecular weight excluding hydrogens is 336 g/mol. The SMILES string of the molecule is CCc1c(-c2ccc3c(c2O)CC3)nnc2c1ccn2[C@@H]1CCCN(C)C1. The zero-order valence-electron chi connectivity index (χ0n) is 16.1. The zero-order valence-corrected chi connectivity index (χ0v) is 16.1. The minimum absolute atomic E-state index is 0.399. The molecule has 0 amide bonds. The first-order chi connectivity index (χ1) is 13.2. The molecule has 1 fully saturated rings. The summed E-state index contributed by atoms with van der Waals surface area (Å²) in [6, 6.07) is 6.77. The van der Waals surface area contributed by atoms with Gasteiger partial charge in [-0.1, -0.05) is 13.0 Å². The highest BCUT2D eigenvalue weighted by Gasteiger charge is 2.25. The molecule has 0 unspecified atom stereocenters. The number of hydrogen-bond donors (Lipinski definition) is 1. The highest BCUT2D eigenvalue weighted by molar-refractivity contribution is 5.87. The van der Waals surface area contributed by atoms with E-state index in [1.54, 1.807) is 0 Å². The first-order valence-electron chi connectivity index (χ1n) is 10.1. The smallest absolute Gasteiger partial charge is 0.163 e. The summed E-state index contributed by atoms with van der Waals surface area (Å²) in [4.78, 5) is 2.39. The average molecular weight is 362 g/mol. The van der Waals surface area contributed by atoms with Crippen molar-refractivity contribution in [3.63, 3.8) is 0 Å². The lowest BCUT2D eigenvalue weighted by Gasteiger charge is -2.30. The van der Waals surface area contributed by atoms with Crippen LogP contribution in [-0.2, 0) is 19.3 Å². The van der Waals surface area contributed by atoms with Crippen LogP contribution in [0.3, 0.4) is 0 Å². The van der Waals surface area contributed by atoms with Gasteiger partial charge in [-0.25, -0.2) is 0 Å². The summed E-state index contributed by atoms with van der Waals surface area (Å²) in [6.45, 7) is 4.38. The Morgan fingerprint density at radius 1 is 1.19 bits per heavy atom. The number of rotatable bonds is 3. The van der Waals surface area contributed by atoms with Crippen molar-refractivity contribution in [2.24, 2.45) is 0 Å². The summed E-state index contributed by atoms with van der Waals surface area (Å²) in [5, 5.41) is 21.1. The monoisotopic (exact) mass is 362 g/mol. The van der Waals surface area contributed by atoms with Crippen molar-refractivity contribution in [2.45, 2.75) is 45.1 Å². The maximum Gasteiger partial charge on any atom is 0.163 e. The molecule has 0 spiro atoms. The van der Waals surface area contributed by atoms with E-state index in [0.717, 1.165) is 53.7 Å². The van der Waals surface area contributed by atoms with E-state index in [1.807, 2.05) is 6.07 Å². The van der Waals surface area contributed by atoms with Crippen molar-refractivity contribution in [1.29, 1.82) is 0 Å². The molecule has 2 aromatic heterocycles. The molecule has 1 aliphatic carbocycles. The summed E-state index contributed by atoms with van der Waals surface area (Å²) < 4.78 is 2.30. The van der Waals surface area contributed by atoms with Gasteiger partial charge in [-0.3, -0.25) is 0 Å². The lowest BCUT2D eigenvalue weighted by atomic mass is 9.85. The Hall–Kier alpha value is -2.40. The molecule has 1 aliphatic heterocycles. The number of phenols is 1. The summed E-state index contributed by atoms with van der Waals surface area (Å²) >= 11 is 0. The van der Waals surface area contributed by atoms with Crippen molar-refractivity contribution in [2.75, 3.05) is 20.1 Å². The lowest BCUT2D eigenvalue weighted by Crippen LogP contribution is -2.33. The summed E-state index contributed by atoms with van der Waals surface area (Å²) in [5.41, 5.74) is 6.15. The number of likely N-dealkylation sites (N-methyl/N-ethyl adjacent to an activating group) is 1. The molecule has 27 heavy (non-hydrogen) atoms. The topological polar surface area (TPSA) is 54.2 Å². The van der Waals surface area contributed by atoms with Crippen LogP contribution in [0.4, 0.5) is 0 Å². The second-order valence-corrected chi connectivity index (χ2v) is 8.00. The quantitative estimate of drug-likeness (QED) is 0.771. The summed E-state index contributed by atoms with van der Waals surface area (Å²) in [5.74, 6) is 0.399. The Labute approximate surface area is 159 Å². The van der Waals surface area contributed by atoms with Gasteiger partial charge in [-0.15, -0.1) is 10.2 Å². The van der Waals surface area contributed by atoms with Gasteiger partial charge in [-0.2, -0.15) is 0 Å². The molecule has 0 radical (unpaired) electrons. The predicted octanol–water partition coefficient (Wildman–Crippen LogP) is 3.73. The third kappa shape index (κ3) is 2.56. The number of hydrogen-bond acceptors (Lipinski definition) is 4. The molecule has 1 saturated heterocycles. The molecule has 3 aromatic rings. The fourth-order valence-corrected chi connectivity index (χ4v) is 4.77. The van der Waals surface area contributed by atoms with E-state index in [9.17, 15) is 5.11 Å². The first-order valence-corrected chi connectivity index (χ1v) is 10.1. The number of piperidine rings is 1. The Morgan fingerprint density at radius 3 is 2.81 bits per heavy atom. The summed E-state index contributed by atoms with van der Waals surface area (Å²) in [6.07, 6.45) is 7.46. The van der Waals surface area contributed by atoms with Gasteiger partial charge in [0.1, 0.15) is 11.4 Å². The number of phenolic OH excluding ortho intramolecular Hbond substituents is 1. The molecule has 140 valence electrons. The van der Waals surface area contributed by atoms with Crippen LogP contribution in [0.15, 0.2) is 24.4 Å². The van der Waals surface area contributed by atoms with Gasteiger partial charge in [0.05, 0.1) is 0 Å². The Morgan fingerprint density at radius 2 is 2.07 bits per heavy atom. The van der Waals surface area contributed by atoms with Gasteiger partial charge < -0.3 is 14.6 Å². The maximum absolute atomic E-state index is 10.7. The van der Waals surface area contributed by atoms with E-state index in [-0.39, 0.29) is 0 Å². The summed E-state index contributed by atoms with van der Waals surface area (Å²) in [7, 11) is 2.19. The fourth-order valence-electron chi connectivity index (χ4n) is 4.77. The molecule has 5 heteroatoms. The number of aryl methyl sites for hydroxylation is 2. The molecular formula is C22H26N4O. The highest BCUT2D eigenvalue weighted by atomic mass is 16.3. The van der Waals surface area contributed by atoms with Gasteiger partial charge in [0.25, 0.3) is 0 Å². The number of fused-ring (bicyclic) bond motifs is 2. The van der Waals surface area contributed by atoms with Gasteiger partial charge in [-0.05, 0) is 74.5 Å². The van der Waals surface area contributed by atoms with E-state index in [2.05, 4.69) is 52.0 Å². The van der Waals surface area contributed by atoms with E-state index in [0.29, 0.717) is 11.8 Å². The Kier molecular flexibility index (Phi) is 3.93. The molecule has 1 aromatic carbocycles. The lowest BCUT2D eigenvalue weighted by molar-refractivity contribution is 0.214. The predicted molar refractivity (Wildman–Crippen MR) is 107 cm³/mol. The van der Waals surface area contributed by atoms with E-state index in [4.69, 9.17) is 0 Å². The van der Waals surface area contributed by atoms with Gasteiger partial charge in [0, 0.05) is 29.7 Å². The largest absolute Gasteiger partial charge is 0.507 e. The number of nitrogens with zero attached hydrogens (tertiary/aromatic N) is 4. The van der Waals surface area contributed by atoms with Crippen molar-refractivity contribution in [3.05, 3.63) is 41.1 Å².